The van der Waals surface area contributed by atoms with Gasteiger partial charge in [0.25, 0.3) is 5.91 Å². The van der Waals surface area contributed by atoms with Gasteiger partial charge in [0.2, 0.25) is 0 Å². The number of thiazole rings is 1. The lowest BCUT2D eigenvalue weighted by molar-refractivity contribution is 0.0934. The first kappa shape index (κ1) is 25.4. The highest BCUT2D eigenvalue weighted by atomic mass is 32.1. The van der Waals surface area contributed by atoms with E-state index in [4.69, 9.17) is 0 Å². The molecule has 3 rings (SSSR count). The minimum atomic E-state index is -0.181. The topological polar surface area (TPSA) is 74.3 Å². The summed E-state index contributed by atoms with van der Waals surface area (Å²) in [4.78, 5) is 32.0. The summed E-state index contributed by atoms with van der Waals surface area (Å²) >= 11 is 1.40. The van der Waals surface area contributed by atoms with E-state index in [1.165, 1.54) is 16.9 Å². The van der Waals surface area contributed by atoms with Gasteiger partial charge in [-0.3, -0.25) is 4.79 Å². The number of nitrogens with zero attached hydrogens (tertiary/aromatic N) is 2. The zero-order valence-electron chi connectivity index (χ0n) is 20.6. The van der Waals surface area contributed by atoms with Gasteiger partial charge < -0.3 is 15.5 Å². The van der Waals surface area contributed by atoms with Crippen molar-refractivity contribution in [1.29, 1.82) is 0 Å². The molecule has 1 heterocycles. The highest BCUT2D eigenvalue weighted by Gasteiger charge is 2.21. The summed E-state index contributed by atoms with van der Waals surface area (Å²) < 4.78 is 0. The van der Waals surface area contributed by atoms with Crippen molar-refractivity contribution in [2.24, 2.45) is 0 Å². The van der Waals surface area contributed by atoms with Gasteiger partial charge in [0.1, 0.15) is 10.7 Å². The molecule has 0 bridgehead atoms. The Morgan fingerprint density at radius 3 is 2.32 bits per heavy atom. The van der Waals surface area contributed by atoms with Gasteiger partial charge in [-0.05, 0) is 64.2 Å². The van der Waals surface area contributed by atoms with Gasteiger partial charge in [0.05, 0.1) is 6.54 Å². The van der Waals surface area contributed by atoms with Crippen molar-refractivity contribution in [3.63, 3.8) is 0 Å². The van der Waals surface area contributed by atoms with Crippen molar-refractivity contribution < 1.29 is 9.59 Å². The molecule has 1 atom stereocenters. The largest absolute Gasteiger partial charge is 0.348 e. The van der Waals surface area contributed by atoms with Crippen molar-refractivity contribution in [2.75, 3.05) is 5.32 Å². The van der Waals surface area contributed by atoms with Crippen LogP contribution < -0.4 is 10.6 Å². The number of para-hydroxylation sites is 1. The van der Waals surface area contributed by atoms with Crippen LogP contribution in [0, 0.1) is 13.8 Å². The molecule has 3 amide bonds. The van der Waals surface area contributed by atoms with Gasteiger partial charge in [-0.2, -0.15) is 0 Å². The van der Waals surface area contributed by atoms with Gasteiger partial charge in [0, 0.05) is 23.2 Å². The number of hydrogen-bond acceptors (Lipinski definition) is 4. The molecule has 0 aliphatic heterocycles. The van der Waals surface area contributed by atoms with E-state index in [1.54, 1.807) is 10.3 Å². The third kappa shape index (κ3) is 6.90. The monoisotopic (exact) mass is 478 g/mol. The van der Waals surface area contributed by atoms with E-state index in [0.717, 1.165) is 34.7 Å². The molecule has 0 saturated carbocycles. The van der Waals surface area contributed by atoms with Crippen LogP contribution in [-0.2, 0) is 13.0 Å². The van der Waals surface area contributed by atoms with Crippen LogP contribution in [0.15, 0.2) is 53.9 Å². The standard InChI is InChI=1S/C27H34N4O2S/c1-18(2)31(27(33)30-25-19(3)10-9-11-20(25)4)16-24-29-23(17-34-24)26(32)28-21(5)14-15-22-12-7-6-8-13-22/h6-13,17-18,21H,14-16H2,1-5H3,(H,28,32)(H,30,33). The fourth-order valence-corrected chi connectivity index (χ4v) is 4.48. The SMILES string of the molecule is Cc1cccc(C)c1NC(=O)N(Cc1nc(C(=O)NC(C)CCc2ccccc2)cs1)C(C)C. The Kier molecular flexibility index (Phi) is 8.82. The van der Waals surface area contributed by atoms with Crippen molar-refractivity contribution in [2.45, 2.75) is 66.1 Å². The maximum atomic E-state index is 13.1. The lowest BCUT2D eigenvalue weighted by Gasteiger charge is -2.27. The number of carbonyl (C=O) groups is 2. The molecule has 7 heteroatoms. The smallest absolute Gasteiger partial charge is 0.322 e. The molecular weight excluding hydrogens is 444 g/mol. The maximum absolute atomic E-state index is 13.1. The Bertz CT molecular complexity index is 1090. The number of nitrogens with one attached hydrogen (secondary N) is 2. The van der Waals surface area contributed by atoms with Crippen LogP contribution >= 0.6 is 11.3 Å². The first-order chi connectivity index (χ1) is 16.2. The Hall–Kier alpha value is -3.19. The summed E-state index contributed by atoms with van der Waals surface area (Å²) in [6, 6.07) is 16.0. The number of carbonyl (C=O) groups excluding carboxylic acids is 2. The number of aromatic nitrogens is 1. The number of aryl methyl sites for hydroxylation is 3. The Labute approximate surface area is 206 Å². The third-order valence-corrected chi connectivity index (χ3v) is 6.61. The number of rotatable bonds is 9. The molecule has 0 radical (unpaired) electrons. The number of benzene rings is 2. The molecule has 0 spiro atoms. The van der Waals surface area contributed by atoms with Crippen LogP contribution in [0.3, 0.4) is 0 Å². The first-order valence-corrected chi connectivity index (χ1v) is 12.6. The summed E-state index contributed by atoms with van der Waals surface area (Å²) in [5, 5.41) is 8.57. The third-order valence-electron chi connectivity index (χ3n) is 5.77. The molecule has 2 aromatic carbocycles. The molecule has 2 N–H and O–H groups in total. The minimum absolute atomic E-state index is 0.0245. The van der Waals surface area contributed by atoms with Crippen LogP contribution in [0.4, 0.5) is 10.5 Å². The summed E-state index contributed by atoms with van der Waals surface area (Å²) in [5.74, 6) is -0.181. The van der Waals surface area contributed by atoms with Crippen LogP contribution in [0.2, 0.25) is 0 Å². The van der Waals surface area contributed by atoms with Gasteiger partial charge in [-0.15, -0.1) is 11.3 Å². The summed E-state index contributed by atoms with van der Waals surface area (Å²) in [6.07, 6.45) is 1.76. The van der Waals surface area contributed by atoms with Crippen LogP contribution in [0.25, 0.3) is 0 Å². The zero-order chi connectivity index (χ0) is 24.7. The maximum Gasteiger partial charge on any atom is 0.322 e. The van der Waals surface area contributed by atoms with E-state index in [1.807, 2.05) is 71.0 Å². The molecule has 0 aliphatic carbocycles. The Morgan fingerprint density at radius 1 is 1.00 bits per heavy atom. The molecule has 0 fully saturated rings. The van der Waals surface area contributed by atoms with E-state index in [9.17, 15) is 9.59 Å². The second-order valence-corrected chi connectivity index (χ2v) is 9.89. The van der Waals surface area contributed by atoms with Gasteiger partial charge >= 0.3 is 6.03 Å². The second kappa shape index (κ2) is 11.8. The average molecular weight is 479 g/mol. The summed E-state index contributed by atoms with van der Waals surface area (Å²) in [6.45, 7) is 10.3. The molecule has 0 aliphatic rings. The molecule has 34 heavy (non-hydrogen) atoms. The highest BCUT2D eigenvalue weighted by Crippen LogP contribution is 2.21. The molecule has 1 unspecified atom stereocenters. The summed E-state index contributed by atoms with van der Waals surface area (Å²) in [7, 11) is 0. The lowest BCUT2D eigenvalue weighted by Crippen LogP contribution is -2.39. The molecule has 180 valence electrons. The Morgan fingerprint density at radius 2 is 1.68 bits per heavy atom. The molecule has 3 aromatic rings. The van der Waals surface area contributed by atoms with Gasteiger partial charge in [-0.25, -0.2) is 9.78 Å². The van der Waals surface area contributed by atoms with Crippen LogP contribution in [0.5, 0.6) is 0 Å². The average Bonchev–Trinajstić information content (AvgIpc) is 3.28. The van der Waals surface area contributed by atoms with Crippen molar-refractivity contribution in [3.05, 3.63) is 81.3 Å². The van der Waals surface area contributed by atoms with E-state index in [-0.39, 0.29) is 24.0 Å². The normalized spacial score (nSPS) is 11.8. The lowest BCUT2D eigenvalue weighted by atomic mass is 10.1. The van der Waals surface area contributed by atoms with E-state index < -0.39 is 0 Å². The van der Waals surface area contributed by atoms with Gasteiger partial charge in [0.15, 0.2) is 0 Å². The van der Waals surface area contributed by atoms with Crippen molar-refractivity contribution in [3.8, 4) is 0 Å². The van der Waals surface area contributed by atoms with Gasteiger partial charge in [-0.1, -0.05) is 48.5 Å². The number of hydrogen-bond donors (Lipinski definition) is 2. The minimum Gasteiger partial charge on any atom is -0.348 e. The molecular formula is C27H34N4O2S. The number of anilines is 1. The first-order valence-electron chi connectivity index (χ1n) is 11.7. The highest BCUT2D eigenvalue weighted by molar-refractivity contribution is 7.09. The molecule has 6 nitrogen and oxygen atoms in total. The number of amides is 3. The zero-order valence-corrected chi connectivity index (χ0v) is 21.4. The van der Waals surface area contributed by atoms with E-state index in [0.29, 0.717) is 12.2 Å². The fourth-order valence-electron chi connectivity index (χ4n) is 3.71. The fraction of sp³-hybridized carbons (Fsp3) is 0.370. The van der Waals surface area contributed by atoms with E-state index >= 15 is 0 Å². The predicted octanol–water partition coefficient (Wildman–Crippen LogP) is 5.95. The van der Waals surface area contributed by atoms with Crippen molar-refractivity contribution in [1.82, 2.24) is 15.2 Å². The number of urea groups is 1. The second-order valence-electron chi connectivity index (χ2n) is 8.94. The van der Waals surface area contributed by atoms with E-state index in [2.05, 4.69) is 27.8 Å². The van der Waals surface area contributed by atoms with Crippen LogP contribution in [0.1, 0.15) is 59.4 Å². The quantitative estimate of drug-likeness (QED) is 0.399. The molecule has 0 saturated heterocycles. The summed E-state index contributed by atoms with van der Waals surface area (Å²) in [5.41, 5.74) is 4.53. The molecule has 1 aromatic heterocycles. The van der Waals surface area contributed by atoms with Crippen molar-refractivity contribution >= 4 is 29.0 Å². The van der Waals surface area contributed by atoms with Crippen LogP contribution in [-0.4, -0.2) is 33.9 Å². The Balaban J connectivity index is 1.58. The predicted molar refractivity (Wildman–Crippen MR) is 139 cm³/mol.